The van der Waals surface area contributed by atoms with E-state index >= 15 is 0 Å². The van der Waals surface area contributed by atoms with Crippen LogP contribution in [-0.4, -0.2) is 34.9 Å². The number of nitriles is 1. The molecule has 0 radical (unpaired) electrons. The molecule has 1 heterocycles. The van der Waals surface area contributed by atoms with E-state index in [-0.39, 0.29) is 23.1 Å². The van der Waals surface area contributed by atoms with Gasteiger partial charge in [-0.3, -0.25) is 9.59 Å². The Morgan fingerprint density at radius 3 is 2.74 bits per heavy atom. The molecule has 1 saturated heterocycles. The minimum absolute atomic E-state index is 0.120. The molecular formula is C17H19N3O3. The fraction of sp³-hybridized carbons (Fsp3) is 0.353. The summed E-state index contributed by atoms with van der Waals surface area (Å²) < 4.78 is 0. The van der Waals surface area contributed by atoms with E-state index in [1.54, 1.807) is 4.90 Å². The number of carbonyl (C=O) groups excluding carboxylic acids is 2. The highest BCUT2D eigenvalue weighted by molar-refractivity contribution is 6.02. The van der Waals surface area contributed by atoms with Gasteiger partial charge in [-0.15, -0.1) is 0 Å². The molecule has 1 aromatic rings. The van der Waals surface area contributed by atoms with Crippen LogP contribution >= 0.6 is 0 Å². The maximum absolute atomic E-state index is 12.6. The summed E-state index contributed by atoms with van der Waals surface area (Å²) in [5, 5.41) is 21.2. The molecule has 0 aromatic heterocycles. The molecule has 0 spiro atoms. The van der Waals surface area contributed by atoms with Gasteiger partial charge in [-0.2, -0.15) is 5.26 Å². The first-order chi connectivity index (χ1) is 11.0. The monoisotopic (exact) mass is 313 g/mol. The average Bonchev–Trinajstić information content (AvgIpc) is 2.57. The van der Waals surface area contributed by atoms with Crippen molar-refractivity contribution in [2.75, 3.05) is 18.4 Å². The first-order valence-electron chi connectivity index (χ1n) is 7.47. The number of benzene rings is 1. The normalized spacial score (nSPS) is 14.8. The third-order valence-electron chi connectivity index (χ3n) is 3.96. The van der Waals surface area contributed by atoms with Crippen molar-refractivity contribution in [3.63, 3.8) is 0 Å². The second-order valence-electron chi connectivity index (χ2n) is 5.52. The Bertz CT molecular complexity index is 656. The number of anilines is 1. The van der Waals surface area contributed by atoms with E-state index < -0.39 is 0 Å². The van der Waals surface area contributed by atoms with Crippen molar-refractivity contribution in [2.24, 2.45) is 5.92 Å². The lowest BCUT2D eigenvalue weighted by molar-refractivity contribution is -0.111. The molecule has 0 saturated carbocycles. The lowest BCUT2D eigenvalue weighted by Gasteiger charge is -2.31. The fourth-order valence-corrected chi connectivity index (χ4v) is 2.62. The van der Waals surface area contributed by atoms with Gasteiger partial charge in [-0.05, 0) is 43.0 Å². The zero-order valence-corrected chi connectivity index (χ0v) is 12.8. The van der Waals surface area contributed by atoms with Gasteiger partial charge in [0.15, 0.2) is 0 Å². The maximum Gasteiger partial charge on any atom is 0.257 e. The number of phenols is 1. The molecule has 1 aliphatic rings. The molecule has 6 nitrogen and oxygen atoms in total. The summed E-state index contributed by atoms with van der Waals surface area (Å²) in [5.41, 5.74) is 0.584. The van der Waals surface area contributed by atoms with Crippen LogP contribution in [0.1, 0.15) is 29.6 Å². The summed E-state index contributed by atoms with van der Waals surface area (Å²) in [6, 6.07) is 6.52. The van der Waals surface area contributed by atoms with Crippen molar-refractivity contribution < 1.29 is 14.7 Å². The molecule has 1 aromatic carbocycles. The minimum atomic E-state index is -0.383. The Morgan fingerprint density at radius 1 is 1.43 bits per heavy atom. The van der Waals surface area contributed by atoms with Crippen molar-refractivity contribution in [1.82, 2.24) is 4.90 Å². The maximum atomic E-state index is 12.6. The molecule has 0 unspecified atom stereocenters. The molecule has 0 aliphatic carbocycles. The third kappa shape index (κ3) is 4.10. The number of nitrogens with one attached hydrogen (secondary N) is 1. The Labute approximate surface area is 135 Å². The second kappa shape index (κ2) is 7.45. The third-order valence-corrected chi connectivity index (χ3v) is 3.96. The average molecular weight is 313 g/mol. The van der Waals surface area contributed by atoms with Crippen LogP contribution in [0.3, 0.4) is 0 Å². The molecule has 0 bridgehead atoms. The highest BCUT2D eigenvalue weighted by atomic mass is 16.3. The number of carbonyl (C=O) groups is 2. The molecule has 1 aliphatic heterocycles. The van der Waals surface area contributed by atoms with Crippen LogP contribution in [0, 0.1) is 17.2 Å². The van der Waals surface area contributed by atoms with E-state index in [0.717, 1.165) is 18.9 Å². The Balaban J connectivity index is 2.10. The van der Waals surface area contributed by atoms with Crippen molar-refractivity contribution in [1.29, 1.82) is 5.26 Å². The minimum Gasteiger partial charge on any atom is -0.507 e. The Hall–Kier alpha value is -2.81. The van der Waals surface area contributed by atoms with Crippen molar-refractivity contribution in [3.8, 4) is 11.8 Å². The molecule has 0 atom stereocenters. The van der Waals surface area contributed by atoms with Crippen LogP contribution in [0.2, 0.25) is 0 Å². The number of phenolic OH excluding ortho intramolecular Hbond substituents is 1. The SMILES string of the molecule is C=CC(=O)Nc1ccc(O)c(C(=O)N2CCC(CC#N)CC2)c1. The van der Waals surface area contributed by atoms with Gasteiger partial charge in [0.25, 0.3) is 5.91 Å². The van der Waals surface area contributed by atoms with Gasteiger partial charge < -0.3 is 15.3 Å². The van der Waals surface area contributed by atoms with Crippen LogP contribution in [0.15, 0.2) is 30.9 Å². The van der Waals surface area contributed by atoms with Crippen LogP contribution in [0.5, 0.6) is 5.75 Å². The van der Waals surface area contributed by atoms with E-state index in [9.17, 15) is 14.7 Å². The van der Waals surface area contributed by atoms with E-state index in [2.05, 4.69) is 18.0 Å². The van der Waals surface area contributed by atoms with Crippen LogP contribution in [-0.2, 0) is 4.79 Å². The fourth-order valence-electron chi connectivity index (χ4n) is 2.62. The summed E-state index contributed by atoms with van der Waals surface area (Å²) in [6.45, 7) is 4.49. The van der Waals surface area contributed by atoms with Crippen molar-refractivity contribution >= 4 is 17.5 Å². The second-order valence-corrected chi connectivity index (χ2v) is 5.52. The van der Waals surface area contributed by atoms with Gasteiger partial charge in [-0.25, -0.2) is 0 Å². The molecule has 2 rings (SSSR count). The van der Waals surface area contributed by atoms with E-state index in [0.29, 0.717) is 31.1 Å². The number of piperidine rings is 1. The number of likely N-dealkylation sites (tertiary alicyclic amines) is 1. The highest BCUT2D eigenvalue weighted by Gasteiger charge is 2.25. The zero-order valence-electron chi connectivity index (χ0n) is 12.8. The predicted octanol–water partition coefficient (Wildman–Crippen LogP) is 2.28. The smallest absolute Gasteiger partial charge is 0.257 e. The summed E-state index contributed by atoms with van der Waals surface area (Å²) in [4.78, 5) is 25.6. The molecular weight excluding hydrogens is 294 g/mol. The van der Waals surface area contributed by atoms with E-state index in [1.165, 1.54) is 18.2 Å². The quantitative estimate of drug-likeness (QED) is 0.658. The zero-order chi connectivity index (χ0) is 16.8. The number of rotatable bonds is 4. The largest absolute Gasteiger partial charge is 0.507 e. The molecule has 2 amide bonds. The lowest BCUT2D eigenvalue weighted by Crippen LogP contribution is -2.38. The van der Waals surface area contributed by atoms with Gasteiger partial charge >= 0.3 is 0 Å². The Kier molecular flexibility index (Phi) is 5.36. The van der Waals surface area contributed by atoms with Crippen LogP contribution in [0.25, 0.3) is 0 Å². The van der Waals surface area contributed by atoms with Crippen LogP contribution in [0.4, 0.5) is 5.69 Å². The first-order valence-corrected chi connectivity index (χ1v) is 7.47. The number of hydrogen-bond donors (Lipinski definition) is 2. The number of nitrogens with zero attached hydrogens (tertiary/aromatic N) is 2. The van der Waals surface area contributed by atoms with Crippen molar-refractivity contribution in [3.05, 3.63) is 36.4 Å². The van der Waals surface area contributed by atoms with Gasteiger partial charge in [0.1, 0.15) is 5.75 Å². The summed E-state index contributed by atoms with van der Waals surface area (Å²) in [5.74, 6) is -0.444. The molecule has 23 heavy (non-hydrogen) atoms. The number of amides is 2. The Morgan fingerprint density at radius 2 is 2.13 bits per heavy atom. The molecule has 2 N–H and O–H groups in total. The van der Waals surface area contributed by atoms with Crippen molar-refractivity contribution in [2.45, 2.75) is 19.3 Å². The predicted molar refractivity (Wildman–Crippen MR) is 85.8 cm³/mol. The summed E-state index contributed by atoms with van der Waals surface area (Å²) >= 11 is 0. The van der Waals surface area contributed by atoms with E-state index in [1.807, 2.05) is 0 Å². The molecule has 6 heteroatoms. The summed E-state index contributed by atoms with van der Waals surface area (Å²) in [7, 11) is 0. The number of aromatic hydroxyl groups is 1. The standard InChI is InChI=1S/C17H19N3O3/c1-2-16(22)19-13-3-4-15(21)14(11-13)17(23)20-9-6-12(5-8-18)7-10-20/h2-4,11-12,21H,1,5-7,9-10H2,(H,19,22). The van der Waals surface area contributed by atoms with Crippen LogP contribution < -0.4 is 5.32 Å². The van der Waals surface area contributed by atoms with Gasteiger partial charge in [0.05, 0.1) is 11.6 Å². The van der Waals surface area contributed by atoms with Gasteiger partial charge in [-0.1, -0.05) is 6.58 Å². The van der Waals surface area contributed by atoms with Gasteiger partial charge in [0, 0.05) is 25.2 Å². The molecule has 120 valence electrons. The highest BCUT2D eigenvalue weighted by Crippen LogP contribution is 2.26. The number of hydrogen-bond acceptors (Lipinski definition) is 4. The molecule has 1 fully saturated rings. The van der Waals surface area contributed by atoms with Gasteiger partial charge in [0.2, 0.25) is 5.91 Å². The first kappa shape index (κ1) is 16.6. The lowest BCUT2D eigenvalue weighted by atomic mass is 9.94. The topological polar surface area (TPSA) is 93.4 Å². The summed E-state index contributed by atoms with van der Waals surface area (Å²) in [6.07, 6.45) is 3.21. The van der Waals surface area contributed by atoms with E-state index in [4.69, 9.17) is 5.26 Å².